The third-order valence-corrected chi connectivity index (χ3v) is 2.52. The zero-order chi connectivity index (χ0) is 13.1. The quantitative estimate of drug-likeness (QED) is 0.859. The van der Waals surface area contributed by atoms with E-state index in [4.69, 9.17) is 17.3 Å². The molecule has 1 aromatic rings. The molecule has 0 bridgehead atoms. The van der Waals surface area contributed by atoms with Crippen LogP contribution in [-0.2, 0) is 4.79 Å². The molecule has 0 spiro atoms. The summed E-state index contributed by atoms with van der Waals surface area (Å²) in [6.07, 6.45) is 0.0726. The van der Waals surface area contributed by atoms with E-state index >= 15 is 0 Å². The Morgan fingerprint density at radius 1 is 1.35 bits per heavy atom. The standard InChI is InChI=1S/C12H15ClN2O2/c1-12(2,7-10(14)16)15-11(17)8-5-3-4-6-9(8)13/h3-6H,7H2,1-2H3,(H2,14,16)(H,15,17). The van der Waals surface area contributed by atoms with Crippen LogP contribution in [0.4, 0.5) is 0 Å². The maximum absolute atomic E-state index is 11.9. The van der Waals surface area contributed by atoms with Gasteiger partial charge in [0.15, 0.2) is 0 Å². The molecule has 3 N–H and O–H groups in total. The molecule has 0 unspecified atom stereocenters. The molecule has 0 aliphatic heterocycles. The van der Waals surface area contributed by atoms with Crippen LogP contribution < -0.4 is 11.1 Å². The number of nitrogens with two attached hydrogens (primary N) is 1. The summed E-state index contributed by atoms with van der Waals surface area (Å²) in [5.41, 5.74) is 4.80. The summed E-state index contributed by atoms with van der Waals surface area (Å²) in [5, 5.41) is 3.10. The van der Waals surface area contributed by atoms with Crippen molar-refractivity contribution in [3.05, 3.63) is 34.9 Å². The minimum absolute atomic E-state index is 0.0726. The topological polar surface area (TPSA) is 72.2 Å². The minimum atomic E-state index is -0.692. The van der Waals surface area contributed by atoms with Gasteiger partial charge in [-0.25, -0.2) is 0 Å². The summed E-state index contributed by atoms with van der Waals surface area (Å²) in [4.78, 5) is 22.8. The van der Waals surface area contributed by atoms with Gasteiger partial charge >= 0.3 is 0 Å². The molecular weight excluding hydrogens is 240 g/mol. The monoisotopic (exact) mass is 254 g/mol. The predicted molar refractivity (Wildman–Crippen MR) is 66.8 cm³/mol. The summed E-state index contributed by atoms with van der Waals surface area (Å²) in [7, 11) is 0. The highest BCUT2D eigenvalue weighted by molar-refractivity contribution is 6.33. The largest absolute Gasteiger partial charge is 0.370 e. The Balaban J connectivity index is 2.79. The van der Waals surface area contributed by atoms with Gasteiger partial charge in [0.25, 0.3) is 5.91 Å². The Labute approximate surface area is 105 Å². The number of primary amides is 1. The van der Waals surface area contributed by atoms with Crippen LogP contribution >= 0.6 is 11.6 Å². The summed E-state index contributed by atoms with van der Waals surface area (Å²) in [5.74, 6) is -0.781. The highest BCUT2D eigenvalue weighted by atomic mass is 35.5. The second-order valence-electron chi connectivity index (χ2n) is 4.46. The fourth-order valence-corrected chi connectivity index (χ4v) is 1.72. The number of benzene rings is 1. The molecule has 0 atom stereocenters. The van der Waals surface area contributed by atoms with Crippen LogP contribution in [0.1, 0.15) is 30.6 Å². The molecule has 0 saturated heterocycles. The Morgan fingerprint density at radius 2 is 1.94 bits per heavy atom. The molecule has 0 heterocycles. The van der Waals surface area contributed by atoms with Gasteiger partial charge in [-0.2, -0.15) is 0 Å². The van der Waals surface area contributed by atoms with Crippen LogP contribution in [0.25, 0.3) is 0 Å². The number of nitrogens with one attached hydrogen (secondary N) is 1. The number of amides is 2. The first-order valence-electron chi connectivity index (χ1n) is 5.17. The summed E-state index contributed by atoms with van der Waals surface area (Å²) >= 11 is 5.90. The lowest BCUT2D eigenvalue weighted by Crippen LogP contribution is -2.46. The fraction of sp³-hybridized carbons (Fsp3) is 0.333. The van der Waals surface area contributed by atoms with Crippen LogP contribution in [0.15, 0.2) is 24.3 Å². The third-order valence-electron chi connectivity index (χ3n) is 2.19. The van der Waals surface area contributed by atoms with E-state index in [1.807, 2.05) is 0 Å². The van der Waals surface area contributed by atoms with E-state index in [-0.39, 0.29) is 12.3 Å². The van der Waals surface area contributed by atoms with Gasteiger partial charge in [-0.3, -0.25) is 9.59 Å². The van der Waals surface area contributed by atoms with Crippen molar-refractivity contribution in [2.75, 3.05) is 0 Å². The maximum Gasteiger partial charge on any atom is 0.253 e. The normalized spacial score (nSPS) is 11.0. The molecule has 0 fully saturated rings. The maximum atomic E-state index is 11.9. The fourth-order valence-electron chi connectivity index (χ4n) is 1.50. The molecule has 0 aliphatic carbocycles. The lowest BCUT2D eigenvalue weighted by molar-refractivity contribution is -0.119. The second-order valence-corrected chi connectivity index (χ2v) is 4.87. The molecule has 0 saturated carbocycles. The number of hydrogen-bond donors (Lipinski definition) is 2. The average molecular weight is 255 g/mol. The number of hydrogen-bond acceptors (Lipinski definition) is 2. The van der Waals surface area contributed by atoms with E-state index in [9.17, 15) is 9.59 Å². The molecule has 0 aromatic heterocycles. The van der Waals surface area contributed by atoms with Gasteiger partial charge in [0.2, 0.25) is 5.91 Å². The highest BCUT2D eigenvalue weighted by Gasteiger charge is 2.24. The van der Waals surface area contributed by atoms with E-state index in [1.54, 1.807) is 38.1 Å². The summed E-state index contributed by atoms with van der Waals surface area (Å²) < 4.78 is 0. The number of rotatable bonds is 4. The van der Waals surface area contributed by atoms with Crippen molar-refractivity contribution >= 4 is 23.4 Å². The van der Waals surface area contributed by atoms with Crippen LogP contribution in [0, 0.1) is 0 Å². The van der Waals surface area contributed by atoms with Crippen LogP contribution in [0.5, 0.6) is 0 Å². The molecule has 2 amide bonds. The lowest BCUT2D eigenvalue weighted by Gasteiger charge is -2.24. The average Bonchev–Trinajstić information content (AvgIpc) is 2.14. The van der Waals surface area contributed by atoms with Crippen LogP contribution in [0.2, 0.25) is 5.02 Å². The first-order chi connectivity index (χ1) is 7.82. The Bertz CT molecular complexity index is 444. The molecule has 5 heteroatoms. The molecule has 0 aliphatic rings. The van der Waals surface area contributed by atoms with Crippen molar-refractivity contribution in [3.8, 4) is 0 Å². The molecule has 4 nitrogen and oxygen atoms in total. The van der Waals surface area contributed by atoms with Crippen molar-refractivity contribution < 1.29 is 9.59 Å². The molecule has 1 rings (SSSR count). The summed E-state index contributed by atoms with van der Waals surface area (Å²) in [6.45, 7) is 3.46. The van der Waals surface area contributed by atoms with Gasteiger partial charge in [-0.1, -0.05) is 23.7 Å². The van der Waals surface area contributed by atoms with Gasteiger partial charge in [0.1, 0.15) is 0 Å². The van der Waals surface area contributed by atoms with Gasteiger partial charge < -0.3 is 11.1 Å². The molecular formula is C12H15ClN2O2. The third kappa shape index (κ3) is 4.07. The minimum Gasteiger partial charge on any atom is -0.370 e. The van der Waals surface area contributed by atoms with Crippen molar-refractivity contribution in [2.24, 2.45) is 5.73 Å². The highest BCUT2D eigenvalue weighted by Crippen LogP contribution is 2.16. The molecule has 92 valence electrons. The number of carbonyl (C=O) groups excluding carboxylic acids is 2. The zero-order valence-electron chi connectivity index (χ0n) is 9.79. The van der Waals surface area contributed by atoms with Gasteiger partial charge in [0, 0.05) is 12.0 Å². The summed E-state index contributed by atoms with van der Waals surface area (Å²) in [6, 6.07) is 6.73. The molecule has 1 aromatic carbocycles. The number of halogens is 1. The van der Waals surface area contributed by atoms with Crippen molar-refractivity contribution in [3.63, 3.8) is 0 Å². The van der Waals surface area contributed by atoms with E-state index in [0.717, 1.165) is 0 Å². The Morgan fingerprint density at radius 3 is 2.47 bits per heavy atom. The van der Waals surface area contributed by atoms with E-state index in [2.05, 4.69) is 5.32 Å². The molecule has 0 radical (unpaired) electrons. The first-order valence-corrected chi connectivity index (χ1v) is 5.55. The zero-order valence-corrected chi connectivity index (χ0v) is 10.5. The lowest BCUT2D eigenvalue weighted by atomic mass is 9.99. The van der Waals surface area contributed by atoms with Crippen LogP contribution in [0.3, 0.4) is 0 Å². The Kier molecular flexibility index (Phi) is 4.12. The smallest absolute Gasteiger partial charge is 0.253 e. The predicted octanol–water partition coefficient (Wildman–Crippen LogP) is 1.72. The van der Waals surface area contributed by atoms with E-state index in [1.165, 1.54) is 0 Å². The van der Waals surface area contributed by atoms with Crippen LogP contribution in [-0.4, -0.2) is 17.4 Å². The van der Waals surface area contributed by atoms with Gasteiger partial charge in [-0.05, 0) is 26.0 Å². The van der Waals surface area contributed by atoms with Crippen molar-refractivity contribution in [2.45, 2.75) is 25.8 Å². The first kappa shape index (κ1) is 13.5. The SMILES string of the molecule is CC(C)(CC(N)=O)NC(=O)c1ccccc1Cl. The molecule has 17 heavy (non-hydrogen) atoms. The van der Waals surface area contributed by atoms with Gasteiger partial charge in [0.05, 0.1) is 10.6 Å². The van der Waals surface area contributed by atoms with Gasteiger partial charge in [-0.15, -0.1) is 0 Å². The second kappa shape index (κ2) is 5.19. The van der Waals surface area contributed by atoms with E-state index < -0.39 is 11.4 Å². The Hall–Kier alpha value is -1.55. The van der Waals surface area contributed by atoms with E-state index in [0.29, 0.717) is 10.6 Å². The number of carbonyl (C=O) groups is 2. The van der Waals surface area contributed by atoms with Crippen molar-refractivity contribution in [1.82, 2.24) is 5.32 Å². The van der Waals surface area contributed by atoms with Crippen molar-refractivity contribution in [1.29, 1.82) is 0 Å².